The lowest BCUT2D eigenvalue weighted by molar-refractivity contribution is -0.120. The van der Waals surface area contributed by atoms with Crippen LogP contribution in [0.1, 0.15) is 6.92 Å². The number of halogens is 1. The molecule has 0 bridgehead atoms. The molecule has 0 unspecified atom stereocenters. The number of rotatable bonds is 6. The average molecular weight is 378 g/mol. The molecule has 28 heavy (non-hydrogen) atoms. The number of anilines is 2. The second-order valence-corrected chi connectivity index (χ2v) is 6.04. The molecule has 3 rings (SSSR count). The van der Waals surface area contributed by atoms with Gasteiger partial charge in [-0.25, -0.2) is 4.39 Å². The van der Waals surface area contributed by atoms with E-state index in [1.807, 2.05) is 30.3 Å². The standard InChI is InChI=1S/C22H19FN2O3/c1-16(26)25(21-10-6-5-9-20(21)23)15-22(27)24-17-11-13-19(14-12-17)28-18-7-3-2-4-8-18/h2-14H,15H2,1H3,(H,24,27). The molecule has 1 N–H and O–H groups in total. The molecular weight excluding hydrogens is 359 g/mol. The van der Waals surface area contributed by atoms with E-state index < -0.39 is 17.6 Å². The van der Waals surface area contributed by atoms with Gasteiger partial charge in [0.05, 0.1) is 5.69 Å². The van der Waals surface area contributed by atoms with Crippen molar-refractivity contribution in [3.05, 3.63) is 84.7 Å². The summed E-state index contributed by atoms with van der Waals surface area (Å²) in [4.78, 5) is 25.3. The number of ether oxygens (including phenoxy) is 1. The first-order valence-electron chi connectivity index (χ1n) is 8.68. The number of nitrogens with one attached hydrogen (secondary N) is 1. The van der Waals surface area contributed by atoms with Crippen molar-refractivity contribution < 1.29 is 18.7 Å². The Hall–Kier alpha value is -3.67. The lowest BCUT2D eigenvalue weighted by Crippen LogP contribution is -2.37. The molecule has 0 aliphatic rings. The normalized spacial score (nSPS) is 10.2. The van der Waals surface area contributed by atoms with Gasteiger partial charge in [-0.05, 0) is 48.5 Å². The predicted molar refractivity (Wildman–Crippen MR) is 106 cm³/mol. The molecule has 0 saturated heterocycles. The molecule has 0 spiro atoms. The molecular formula is C22H19FN2O3. The van der Waals surface area contributed by atoms with Gasteiger partial charge in [0.15, 0.2) is 0 Å². The second kappa shape index (κ2) is 8.81. The molecule has 6 heteroatoms. The summed E-state index contributed by atoms with van der Waals surface area (Å²) < 4.78 is 19.7. The van der Waals surface area contributed by atoms with Crippen LogP contribution in [-0.2, 0) is 9.59 Å². The highest BCUT2D eigenvalue weighted by Crippen LogP contribution is 2.23. The second-order valence-electron chi connectivity index (χ2n) is 6.04. The van der Waals surface area contributed by atoms with Crippen LogP contribution in [0, 0.1) is 5.82 Å². The van der Waals surface area contributed by atoms with Crippen LogP contribution in [0.2, 0.25) is 0 Å². The van der Waals surface area contributed by atoms with E-state index in [0.29, 0.717) is 17.2 Å². The summed E-state index contributed by atoms with van der Waals surface area (Å²) in [5.41, 5.74) is 0.610. The van der Waals surface area contributed by atoms with Crippen molar-refractivity contribution >= 4 is 23.2 Å². The van der Waals surface area contributed by atoms with Crippen molar-refractivity contribution in [2.24, 2.45) is 0 Å². The molecule has 0 saturated carbocycles. The fourth-order valence-electron chi connectivity index (χ4n) is 2.61. The first-order valence-corrected chi connectivity index (χ1v) is 8.68. The van der Waals surface area contributed by atoms with E-state index in [2.05, 4.69) is 5.32 Å². The molecule has 3 aromatic rings. The van der Waals surface area contributed by atoms with Crippen LogP contribution < -0.4 is 15.0 Å². The van der Waals surface area contributed by atoms with E-state index in [-0.39, 0.29) is 12.2 Å². The molecule has 0 radical (unpaired) electrons. The Morgan fingerprint density at radius 2 is 1.50 bits per heavy atom. The summed E-state index contributed by atoms with van der Waals surface area (Å²) in [5, 5.41) is 2.70. The van der Waals surface area contributed by atoms with Gasteiger partial charge in [-0.3, -0.25) is 9.59 Å². The van der Waals surface area contributed by atoms with Gasteiger partial charge in [-0.15, -0.1) is 0 Å². The largest absolute Gasteiger partial charge is 0.457 e. The summed E-state index contributed by atoms with van der Waals surface area (Å²) in [6.07, 6.45) is 0. The molecule has 3 aromatic carbocycles. The zero-order valence-corrected chi connectivity index (χ0v) is 15.3. The highest BCUT2D eigenvalue weighted by Gasteiger charge is 2.18. The number of hydrogen-bond acceptors (Lipinski definition) is 3. The van der Waals surface area contributed by atoms with Crippen molar-refractivity contribution in [1.82, 2.24) is 0 Å². The lowest BCUT2D eigenvalue weighted by atomic mass is 10.2. The van der Waals surface area contributed by atoms with E-state index in [4.69, 9.17) is 4.74 Å². The van der Waals surface area contributed by atoms with E-state index in [9.17, 15) is 14.0 Å². The first kappa shape index (κ1) is 19.1. The highest BCUT2D eigenvalue weighted by atomic mass is 19.1. The summed E-state index contributed by atoms with van der Waals surface area (Å²) in [7, 11) is 0. The number of carbonyl (C=O) groups is 2. The highest BCUT2D eigenvalue weighted by molar-refractivity contribution is 6.01. The van der Waals surface area contributed by atoms with E-state index >= 15 is 0 Å². The van der Waals surface area contributed by atoms with Crippen LogP contribution in [0.15, 0.2) is 78.9 Å². The van der Waals surface area contributed by atoms with Gasteiger partial charge in [-0.1, -0.05) is 30.3 Å². The van der Waals surface area contributed by atoms with E-state index in [1.165, 1.54) is 25.1 Å². The first-order chi connectivity index (χ1) is 13.5. The van der Waals surface area contributed by atoms with Gasteiger partial charge >= 0.3 is 0 Å². The third-order valence-corrected chi connectivity index (χ3v) is 3.94. The number of hydrogen-bond donors (Lipinski definition) is 1. The van der Waals surface area contributed by atoms with Gasteiger partial charge < -0.3 is 15.0 Å². The van der Waals surface area contributed by atoms with Crippen LogP contribution in [0.4, 0.5) is 15.8 Å². The van der Waals surface area contributed by atoms with Crippen LogP contribution >= 0.6 is 0 Å². The number of nitrogens with zero attached hydrogens (tertiary/aromatic N) is 1. The van der Waals surface area contributed by atoms with Crippen molar-refractivity contribution in [3.8, 4) is 11.5 Å². The van der Waals surface area contributed by atoms with Crippen molar-refractivity contribution in [1.29, 1.82) is 0 Å². The minimum atomic E-state index is -0.562. The summed E-state index contributed by atoms with van der Waals surface area (Å²) in [6.45, 7) is 0.994. The fourth-order valence-corrected chi connectivity index (χ4v) is 2.61. The van der Waals surface area contributed by atoms with Crippen LogP contribution in [-0.4, -0.2) is 18.4 Å². The zero-order chi connectivity index (χ0) is 19.9. The minimum Gasteiger partial charge on any atom is -0.457 e. The van der Waals surface area contributed by atoms with Crippen LogP contribution in [0.3, 0.4) is 0 Å². The Labute approximate surface area is 162 Å². The SMILES string of the molecule is CC(=O)N(CC(=O)Nc1ccc(Oc2ccccc2)cc1)c1ccccc1F. The Bertz CT molecular complexity index is 959. The molecule has 0 heterocycles. The molecule has 142 valence electrons. The van der Waals surface area contributed by atoms with Crippen molar-refractivity contribution in [2.45, 2.75) is 6.92 Å². The summed E-state index contributed by atoms with van der Waals surface area (Å²) >= 11 is 0. The third kappa shape index (κ3) is 4.94. The van der Waals surface area contributed by atoms with Gasteiger partial charge in [-0.2, -0.15) is 0 Å². The molecule has 0 fully saturated rings. The topological polar surface area (TPSA) is 58.6 Å². The molecule has 0 aromatic heterocycles. The van der Waals surface area contributed by atoms with Gasteiger partial charge in [0.1, 0.15) is 23.9 Å². The fraction of sp³-hybridized carbons (Fsp3) is 0.0909. The quantitative estimate of drug-likeness (QED) is 0.681. The Kier molecular flexibility index (Phi) is 6.01. The maximum absolute atomic E-state index is 14.0. The molecule has 0 aliphatic carbocycles. The number of amides is 2. The van der Waals surface area contributed by atoms with E-state index in [0.717, 1.165) is 4.90 Å². The monoisotopic (exact) mass is 378 g/mol. The average Bonchev–Trinajstić information content (AvgIpc) is 2.69. The number of benzene rings is 3. The Balaban J connectivity index is 1.63. The third-order valence-electron chi connectivity index (χ3n) is 3.94. The number of para-hydroxylation sites is 2. The van der Waals surface area contributed by atoms with Gasteiger partial charge in [0.25, 0.3) is 0 Å². The molecule has 2 amide bonds. The predicted octanol–water partition coefficient (Wildman–Crippen LogP) is 4.61. The molecule has 0 aliphatic heterocycles. The smallest absolute Gasteiger partial charge is 0.244 e. The lowest BCUT2D eigenvalue weighted by Gasteiger charge is -2.21. The van der Waals surface area contributed by atoms with Crippen molar-refractivity contribution in [3.63, 3.8) is 0 Å². The summed E-state index contributed by atoms with van der Waals surface area (Å²) in [6, 6.07) is 22.0. The zero-order valence-electron chi connectivity index (χ0n) is 15.3. The number of carbonyl (C=O) groups excluding carboxylic acids is 2. The Morgan fingerprint density at radius 1 is 0.893 bits per heavy atom. The minimum absolute atomic E-state index is 0.0664. The van der Waals surface area contributed by atoms with E-state index in [1.54, 1.807) is 30.3 Å². The maximum atomic E-state index is 14.0. The van der Waals surface area contributed by atoms with Crippen molar-refractivity contribution in [2.75, 3.05) is 16.8 Å². The Morgan fingerprint density at radius 3 is 2.14 bits per heavy atom. The van der Waals surface area contributed by atoms with Gasteiger partial charge in [0.2, 0.25) is 11.8 Å². The summed E-state index contributed by atoms with van der Waals surface area (Å²) in [5.74, 6) is -0.0860. The van der Waals surface area contributed by atoms with Gasteiger partial charge in [0, 0.05) is 12.6 Å². The maximum Gasteiger partial charge on any atom is 0.244 e. The van der Waals surface area contributed by atoms with Crippen LogP contribution in [0.25, 0.3) is 0 Å². The van der Waals surface area contributed by atoms with Crippen LogP contribution in [0.5, 0.6) is 11.5 Å². The molecule has 5 nitrogen and oxygen atoms in total. The molecule has 0 atom stereocenters.